The number of fused-ring (bicyclic) bond motifs is 1. The molecular weight excluding hydrogens is 300 g/mol. The molecule has 120 valence electrons. The Morgan fingerprint density at radius 2 is 1.96 bits per heavy atom. The van der Waals surface area contributed by atoms with Crippen LogP contribution in [0.25, 0.3) is 0 Å². The summed E-state index contributed by atoms with van der Waals surface area (Å²) in [5.74, 6) is -1.14. The number of imide groups is 1. The molecular formula is C15H16N4O4. The molecule has 0 unspecified atom stereocenters. The topological polar surface area (TPSA) is 91.6 Å². The molecule has 1 aromatic carbocycles. The molecule has 2 aliphatic rings. The highest BCUT2D eigenvalue weighted by Crippen LogP contribution is 2.31. The van der Waals surface area contributed by atoms with Gasteiger partial charge in [-0.1, -0.05) is 23.4 Å². The van der Waals surface area contributed by atoms with E-state index in [1.54, 1.807) is 37.3 Å². The van der Waals surface area contributed by atoms with Crippen LogP contribution in [0.4, 0.5) is 5.69 Å². The van der Waals surface area contributed by atoms with Crippen LogP contribution in [-0.2, 0) is 19.1 Å². The lowest BCUT2D eigenvalue weighted by Gasteiger charge is -2.20. The van der Waals surface area contributed by atoms with Crippen molar-refractivity contribution in [1.82, 2.24) is 5.01 Å². The molecule has 0 bridgehead atoms. The van der Waals surface area contributed by atoms with Gasteiger partial charge in [0.25, 0.3) is 11.8 Å². The van der Waals surface area contributed by atoms with Crippen molar-refractivity contribution in [3.05, 3.63) is 30.3 Å². The molecule has 0 aromatic heterocycles. The summed E-state index contributed by atoms with van der Waals surface area (Å²) in [4.78, 5) is 37.6. The first-order valence-electron chi connectivity index (χ1n) is 7.39. The van der Waals surface area contributed by atoms with Crippen molar-refractivity contribution in [1.29, 1.82) is 0 Å². The van der Waals surface area contributed by atoms with E-state index in [0.29, 0.717) is 12.3 Å². The molecule has 8 nitrogen and oxygen atoms in total. The van der Waals surface area contributed by atoms with Gasteiger partial charge in [-0.3, -0.25) is 19.4 Å². The van der Waals surface area contributed by atoms with Gasteiger partial charge < -0.3 is 4.74 Å². The molecule has 0 aliphatic carbocycles. The molecule has 2 atom stereocenters. The van der Waals surface area contributed by atoms with Crippen LogP contribution < -0.4 is 4.90 Å². The molecule has 1 aromatic rings. The third kappa shape index (κ3) is 2.67. The summed E-state index contributed by atoms with van der Waals surface area (Å²) in [7, 11) is 0. The number of hydrogen-bond donors (Lipinski definition) is 0. The third-order valence-corrected chi connectivity index (χ3v) is 3.72. The SMILES string of the molecule is CCOC(=O)CCN1N=N[C@@H]2C(=O)N(c3ccccc3)C(=O)[C@H]21. The van der Waals surface area contributed by atoms with Gasteiger partial charge in [-0.25, -0.2) is 4.90 Å². The number of benzene rings is 1. The van der Waals surface area contributed by atoms with Crippen LogP contribution in [0.15, 0.2) is 40.7 Å². The highest BCUT2D eigenvalue weighted by Gasteiger charge is 2.54. The van der Waals surface area contributed by atoms with Gasteiger partial charge in [-0.2, -0.15) is 5.11 Å². The van der Waals surface area contributed by atoms with Crippen molar-refractivity contribution in [3.63, 3.8) is 0 Å². The average molecular weight is 316 g/mol. The standard InChI is InChI=1S/C15H16N4O4/c1-2-23-11(20)8-9-18-13-12(16-17-18)14(21)19(15(13)22)10-6-4-3-5-7-10/h3-7,12-13H,2,8-9H2,1H3/t12-,13-/m0/s1. The third-order valence-electron chi connectivity index (χ3n) is 3.72. The number of carbonyl (C=O) groups excluding carboxylic acids is 3. The zero-order chi connectivity index (χ0) is 16.4. The van der Waals surface area contributed by atoms with Crippen LogP contribution >= 0.6 is 0 Å². The predicted octanol–water partition coefficient (Wildman–Crippen LogP) is 0.933. The van der Waals surface area contributed by atoms with Gasteiger partial charge in [0.15, 0.2) is 12.1 Å². The minimum absolute atomic E-state index is 0.0862. The number of carbonyl (C=O) groups is 3. The van der Waals surface area contributed by atoms with E-state index in [9.17, 15) is 14.4 Å². The zero-order valence-corrected chi connectivity index (χ0v) is 12.6. The molecule has 0 saturated carbocycles. The molecule has 2 aliphatic heterocycles. The Balaban J connectivity index is 1.74. The van der Waals surface area contributed by atoms with Crippen LogP contribution in [0.3, 0.4) is 0 Å². The quantitative estimate of drug-likeness (QED) is 0.595. The first-order valence-corrected chi connectivity index (χ1v) is 7.39. The summed E-state index contributed by atoms with van der Waals surface area (Å²) in [6, 6.07) is 7.07. The lowest BCUT2D eigenvalue weighted by molar-refractivity contribution is -0.143. The number of rotatable bonds is 5. The summed E-state index contributed by atoms with van der Waals surface area (Å²) in [5, 5.41) is 9.15. The number of para-hydroxylation sites is 1. The molecule has 0 N–H and O–H groups in total. The van der Waals surface area contributed by atoms with Crippen LogP contribution in [0.2, 0.25) is 0 Å². The number of anilines is 1. The maximum Gasteiger partial charge on any atom is 0.307 e. The van der Waals surface area contributed by atoms with Gasteiger partial charge in [-0.05, 0) is 19.1 Å². The van der Waals surface area contributed by atoms with Crippen molar-refractivity contribution in [2.45, 2.75) is 25.4 Å². The maximum atomic E-state index is 12.6. The molecule has 1 saturated heterocycles. The number of nitrogens with zero attached hydrogens (tertiary/aromatic N) is 4. The van der Waals surface area contributed by atoms with Crippen molar-refractivity contribution in [2.24, 2.45) is 10.3 Å². The predicted molar refractivity (Wildman–Crippen MR) is 79.3 cm³/mol. The second-order valence-electron chi connectivity index (χ2n) is 5.16. The Bertz CT molecular complexity index is 661. The second-order valence-corrected chi connectivity index (χ2v) is 5.16. The van der Waals surface area contributed by atoms with Crippen molar-refractivity contribution < 1.29 is 19.1 Å². The summed E-state index contributed by atoms with van der Waals surface area (Å²) >= 11 is 0. The monoisotopic (exact) mass is 316 g/mol. The van der Waals surface area contributed by atoms with Crippen LogP contribution in [0, 0.1) is 0 Å². The Morgan fingerprint density at radius 1 is 1.22 bits per heavy atom. The van der Waals surface area contributed by atoms with Gasteiger partial charge in [0.1, 0.15) is 0 Å². The van der Waals surface area contributed by atoms with Gasteiger partial charge in [0, 0.05) is 6.54 Å². The van der Waals surface area contributed by atoms with E-state index in [4.69, 9.17) is 4.74 Å². The normalized spacial score (nSPS) is 22.7. The molecule has 2 amide bonds. The van der Waals surface area contributed by atoms with E-state index in [2.05, 4.69) is 10.3 Å². The van der Waals surface area contributed by atoms with Crippen LogP contribution in [0.1, 0.15) is 13.3 Å². The first-order chi connectivity index (χ1) is 11.1. The Labute approximate surface area is 132 Å². The van der Waals surface area contributed by atoms with Crippen molar-refractivity contribution in [2.75, 3.05) is 18.1 Å². The number of hydrogen-bond acceptors (Lipinski definition) is 7. The second kappa shape index (κ2) is 6.15. The van der Waals surface area contributed by atoms with E-state index in [1.165, 1.54) is 5.01 Å². The number of amides is 2. The highest BCUT2D eigenvalue weighted by atomic mass is 16.5. The number of ether oxygens (including phenoxy) is 1. The largest absolute Gasteiger partial charge is 0.466 e. The molecule has 0 radical (unpaired) electrons. The first kappa shape index (κ1) is 15.1. The van der Waals surface area contributed by atoms with E-state index < -0.39 is 18.0 Å². The van der Waals surface area contributed by atoms with Gasteiger partial charge in [0.05, 0.1) is 18.7 Å². The highest BCUT2D eigenvalue weighted by molar-refractivity contribution is 6.25. The molecule has 2 heterocycles. The van der Waals surface area contributed by atoms with E-state index in [0.717, 1.165) is 4.90 Å². The smallest absolute Gasteiger partial charge is 0.307 e. The summed E-state index contributed by atoms with van der Waals surface area (Å²) in [6.07, 6.45) is 0.0862. The molecule has 1 fully saturated rings. The fraction of sp³-hybridized carbons (Fsp3) is 0.400. The zero-order valence-electron chi connectivity index (χ0n) is 12.6. The van der Waals surface area contributed by atoms with Crippen LogP contribution in [-0.4, -0.2) is 48.0 Å². The van der Waals surface area contributed by atoms with Crippen molar-refractivity contribution in [3.8, 4) is 0 Å². The summed E-state index contributed by atoms with van der Waals surface area (Å²) in [6.45, 7) is 2.21. The fourth-order valence-corrected chi connectivity index (χ4v) is 2.68. The Morgan fingerprint density at radius 3 is 2.65 bits per heavy atom. The van der Waals surface area contributed by atoms with Crippen LogP contribution in [0.5, 0.6) is 0 Å². The summed E-state index contributed by atoms with van der Waals surface area (Å²) in [5.41, 5.74) is 0.512. The minimum atomic E-state index is -0.843. The van der Waals surface area contributed by atoms with E-state index >= 15 is 0 Å². The lowest BCUT2D eigenvalue weighted by Crippen LogP contribution is -2.40. The average Bonchev–Trinajstić information content (AvgIpc) is 3.07. The fourth-order valence-electron chi connectivity index (χ4n) is 2.68. The van der Waals surface area contributed by atoms with Gasteiger partial charge in [-0.15, -0.1) is 0 Å². The van der Waals surface area contributed by atoms with Gasteiger partial charge >= 0.3 is 5.97 Å². The number of esters is 1. The minimum Gasteiger partial charge on any atom is -0.466 e. The Hall–Kier alpha value is -2.77. The summed E-state index contributed by atoms with van der Waals surface area (Å²) < 4.78 is 4.85. The molecule has 0 spiro atoms. The molecule has 8 heteroatoms. The van der Waals surface area contributed by atoms with E-state index in [1.807, 2.05) is 0 Å². The lowest BCUT2D eigenvalue weighted by atomic mass is 10.1. The van der Waals surface area contributed by atoms with Crippen molar-refractivity contribution >= 4 is 23.5 Å². The molecule has 3 rings (SSSR count). The Kier molecular flexibility index (Phi) is 4.05. The molecule has 23 heavy (non-hydrogen) atoms. The van der Waals surface area contributed by atoms with Gasteiger partial charge in [0.2, 0.25) is 0 Å². The maximum absolute atomic E-state index is 12.6. The van der Waals surface area contributed by atoms with E-state index in [-0.39, 0.29) is 24.8 Å².